The van der Waals surface area contributed by atoms with Gasteiger partial charge in [-0.2, -0.15) is 5.10 Å². The van der Waals surface area contributed by atoms with Crippen molar-refractivity contribution in [3.8, 4) is 0 Å². The highest BCUT2D eigenvalue weighted by atomic mass is 19.3. The summed E-state index contributed by atoms with van der Waals surface area (Å²) in [7, 11) is 0. The van der Waals surface area contributed by atoms with Gasteiger partial charge in [-0.25, -0.2) is 13.8 Å². The van der Waals surface area contributed by atoms with Gasteiger partial charge in [-0.3, -0.25) is 4.79 Å². The maximum absolute atomic E-state index is 14.0. The number of nitrogens with one attached hydrogen (secondary N) is 1. The predicted molar refractivity (Wildman–Crippen MR) is 136 cm³/mol. The van der Waals surface area contributed by atoms with Gasteiger partial charge in [0, 0.05) is 48.2 Å². The Hall–Kier alpha value is -2.02. The molecule has 2 rings (SSSR count). The van der Waals surface area contributed by atoms with Gasteiger partial charge in [0.25, 0.3) is 0 Å². The molecule has 2 heterocycles. The first-order valence-corrected chi connectivity index (χ1v) is 12.6. The second kappa shape index (κ2) is 11.6. The van der Waals surface area contributed by atoms with Crippen molar-refractivity contribution in [3.05, 3.63) is 35.2 Å². The molecule has 0 spiro atoms. The third-order valence-electron chi connectivity index (χ3n) is 7.67. The van der Waals surface area contributed by atoms with E-state index in [1.165, 1.54) is 0 Å². The molecule has 7 heteroatoms. The molecule has 0 aromatic rings. The zero-order valence-corrected chi connectivity index (χ0v) is 22.0. The molecular weight excluding hydrogens is 434 g/mol. The summed E-state index contributed by atoms with van der Waals surface area (Å²) >= 11 is 0. The molecule has 192 valence electrons. The number of amides is 1. The Morgan fingerprint density at radius 3 is 2.62 bits per heavy atom. The topological polar surface area (TPSA) is 70.7 Å². The number of carbonyl (C=O) groups is 1. The first-order chi connectivity index (χ1) is 15.8. The molecule has 1 saturated heterocycles. The summed E-state index contributed by atoms with van der Waals surface area (Å²) in [6.45, 7) is 13.2. The molecule has 0 aromatic carbocycles. The molecule has 0 aromatic heterocycles. The van der Waals surface area contributed by atoms with Crippen LogP contribution in [0.5, 0.6) is 0 Å². The molecule has 0 radical (unpaired) electrons. The van der Waals surface area contributed by atoms with Gasteiger partial charge in [0.05, 0.1) is 5.71 Å². The summed E-state index contributed by atoms with van der Waals surface area (Å²) in [5.41, 5.74) is 9.47. The lowest BCUT2D eigenvalue weighted by Crippen LogP contribution is -2.38. The van der Waals surface area contributed by atoms with E-state index in [2.05, 4.69) is 32.2 Å². The summed E-state index contributed by atoms with van der Waals surface area (Å²) in [4.78, 5) is 12.3. The van der Waals surface area contributed by atoms with Crippen molar-refractivity contribution in [1.29, 1.82) is 0 Å². The van der Waals surface area contributed by atoms with Gasteiger partial charge in [-0.15, -0.1) is 0 Å². The molecule has 0 saturated carbocycles. The largest absolute Gasteiger partial charge is 0.356 e. The first kappa shape index (κ1) is 28.2. The summed E-state index contributed by atoms with van der Waals surface area (Å²) in [6, 6.07) is -0.337. The van der Waals surface area contributed by atoms with Crippen LogP contribution in [0.3, 0.4) is 0 Å². The van der Waals surface area contributed by atoms with Crippen LogP contribution in [-0.2, 0) is 4.79 Å². The van der Waals surface area contributed by atoms with Crippen molar-refractivity contribution < 1.29 is 13.6 Å². The van der Waals surface area contributed by atoms with E-state index in [1.54, 1.807) is 13.8 Å². The normalized spacial score (nSPS) is 23.9. The number of nitrogens with zero attached hydrogens (tertiary/aromatic N) is 2. The van der Waals surface area contributed by atoms with Crippen molar-refractivity contribution in [2.45, 2.75) is 99.0 Å². The van der Waals surface area contributed by atoms with Crippen molar-refractivity contribution in [2.75, 3.05) is 6.54 Å². The highest BCUT2D eigenvalue weighted by molar-refractivity contribution is 5.97. The van der Waals surface area contributed by atoms with Gasteiger partial charge in [0.1, 0.15) is 0 Å². The maximum Gasteiger partial charge on any atom is 0.250 e. The van der Waals surface area contributed by atoms with Crippen molar-refractivity contribution in [3.63, 3.8) is 0 Å². The van der Waals surface area contributed by atoms with Gasteiger partial charge >= 0.3 is 0 Å². The van der Waals surface area contributed by atoms with Crippen LogP contribution in [0, 0.1) is 17.3 Å². The second-order valence-corrected chi connectivity index (χ2v) is 10.6. The third kappa shape index (κ3) is 7.00. The summed E-state index contributed by atoms with van der Waals surface area (Å²) in [5, 5.41) is 9.74. The molecule has 5 nitrogen and oxygen atoms in total. The lowest BCUT2D eigenvalue weighted by molar-refractivity contribution is -0.126. The average Bonchev–Trinajstić information content (AvgIpc) is 2.76. The fourth-order valence-electron chi connectivity index (χ4n) is 4.33. The first-order valence-electron chi connectivity index (χ1n) is 12.6. The molecule has 1 amide bonds. The predicted octanol–water partition coefficient (Wildman–Crippen LogP) is 6.14. The number of halogens is 2. The summed E-state index contributed by atoms with van der Waals surface area (Å²) < 4.78 is 28.0. The number of hydrogen-bond donors (Lipinski definition) is 2. The Morgan fingerprint density at radius 1 is 1.35 bits per heavy atom. The van der Waals surface area contributed by atoms with E-state index in [1.807, 2.05) is 24.2 Å². The number of alkyl halides is 2. The third-order valence-corrected chi connectivity index (χ3v) is 7.67. The van der Waals surface area contributed by atoms with Crippen molar-refractivity contribution in [1.82, 2.24) is 10.3 Å². The van der Waals surface area contributed by atoms with Gasteiger partial charge < -0.3 is 11.1 Å². The molecule has 1 fully saturated rings. The van der Waals surface area contributed by atoms with Gasteiger partial charge in [-0.05, 0) is 70.1 Å². The van der Waals surface area contributed by atoms with E-state index in [-0.39, 0.29) is 23.8 Å². The van der Waals surface area contributed by atoms with E-state index >= 15 is 0 Å². The Labute approximate surface area is 204 Å². The number of rotatable bonds is 10. The zero-order chi connectivity index (χ0) is 25.7. The van der Waals surface area contributed by atoms with Crippen LogP contribution in [0.25, 0.3) is 0 Å². The Kier molecular flexibility index (Phi) is 9.63. The smallest absolute Gasteiger partial charge is 0.250 e. The Bertz CT molecular complexity index is 851. The fourth-order valence-corrected chi connectivity index (χ4v) is 4.33. The molecule has 3 unspecified atom stereocenters. The van der Waals surface area contributed by atoms with Crippen LogP contribution >= 0.6 is 0 Å². The molecule has 34 heavy (non-hydrogen) atoms. The van der Waals surface area contributed by atoms with Crippen LogP contribution in [-0.4, -0.2) is 35.1 Å². The lowest BCUT2D eigenvalue weighted by Gasteiger charge is -2.35. The molecule has 2 aliphatic heterocycles. The molecule has 3 atom stereocenters. The van der Waals surface area contributed by atoms with Crippen LogP contribution in [0.2, 0.25) is 0 Å². The Morgan fingerprint density at radius 2 is 2.03 bits per heavy atom. The van der Waals surface area contributed by atoms with Gasteiger partial charge in [0.15, 0.2) is 0 Å². The summed E-state index contributed by atoms with van der Waals surface area (Å²) in [6.07, 6.45) is 10.1. The standard InChI is InChI=1S/C27H44F2N4O/c1-8-9-12-22(16-21-11-10-15-31-25(21)34)32-33-17-23(19(3)18(2)20(33)4)24(30)13-14-26(5,6)27(7,28)29/h9,12,17,19,21,24H,8,10-11,13-16,30H2,1-7H3,(H,31,34)/b12-9+,32-22+. The zero-order valence-electron chi connectivity index (χ0n) is 22.0. The molecule has 0 aliphatic carbocycles. The molecule has 2 aliphatic rings. The number of piperidine rings is 1. The van der Waals surface area contributed by atoms with Crippen molar-refractivity contribution >= 4 is 11.6 Å². The van der Waals surface area contributed by atoms with E-state index in [4.69, 9.17) is 10.8 Å². The van der Waals surface area contributed by atoms with Crippen LogP contribution in [0.4, 0.5) is 8.78 Å². The van der Waals surface area contributed by atoms with Gasteiger partial charge in [-0.1, -0.05) is 33.8 Å². The average molecular weight is 479 g/mol. The lowest BCUT2D eigenvalue weighted by atomic mass is 9.78. The molecule has 3 N–H and O–H groups in total. The fraction of sp³-hybridized carbons (Fsp3) is 0.704. The Balaban J connectivity index is 2.30. The van der Waals surface area contributed by atoms with Crippen LogP contribution < -0.4 is 11.1 Å². The van der Waals surface area contributed by atoms with E-state index < -0.39 is 11.3 Å². The number of carbonyl (C=O) groups excluding carboxylic acids is 1. The molecule has 0 bridgehead atoms. The van der Waals surface area contributed by atoms with E-state index in [9.17, 15) is 13.6 Å². The minimum atomic E-state index is -2.77. The second-order valence-electron chi connectivity index (χ2n) is 10.6. The minimum Gasteiger partial charge on any atom is -0.356 e. The number of hydrogen-bond acceptors (Lipinski definition) is 4. The van der Waals surface area contributed by atoms with Crippen LogP contribution in [0.15, 0.2) is 40.3 Å². The number of nitrogens with two attached hydrogens (primary N) is 1. The number of hydrazone groups is 1. The highest BCUT2D eigenvalue weighted by Crippen LogP contribution is 2.41. The monoisotopic (exact) mass is 478 g/mol. The number of allylic oxidation sites excluding steroid dienone is 4. The SMILES string of the molecule is CC/C=C/C(CC1CCCNC1=O)=N\N1C=C(C(N)CCC(C)(C)C(C)(F)F)C(C)C(C)=C1C. The highest BCUT2D eigenvalue weighted by Gasteiger charge is 2.42. The quantitative estimate of drug-likeness (QED) is 0.370. The maximum atomic E-state index is 14.0. The van der Waals surface area contributed by atoms with Crippen LogP contribution in [0.1, 0.15) is 87.0 Å². The van der Waals surface area contributed by atoms with E-state index in [0.717, 1.165) is 55.3 Å². The van der Waals surface area contributed by atoms with Gasteiger partial charge in [0.2, 0.25) is 11.8 Å². The molecular formula is C27H44F2N4O. The van der Waals surface area contributed by atoms with E-state index in [0.29, 0.717) is 19.3 Å². The minimum absolute atomic E-state index is 0.0771. The van der Waals surface area contributed by atoms with Crippen molar-refractivity contribution in [2.24, 2.45) is 28.1 Å². The summed E-state index contributed by atoms with van der Waals surface area (Å²) in [5.74, 6) is -2.64.